The summed E-state index contributed by atoms with van der Waals surface area (Å²) in [5.41, 5.74) is 6.37. The molecule has 0 radical (unpaired) electrons. The zero-order valence-electron chi connectivity index (χ0n) is 10.9. The van der Waals surface area contributed by atoms with Crippen molar-refractivity contribution in [2.45, 2.75) is 30.2 Å². The van der Waals surface area contributed by atoms with Gasteiger partial charge in [0.1, 0.15) is 4.90 Å². The lowest BCUT2D eigenvalue weighted by atomic mass is 10.2. The molecule has 0 unspecified atom stereocenters. The summed E-state index contributed by atoms with van der Waals surface area (Å²) in [5.74, 6) is 0.00845. The van der Waals surface area contributed by atoms with E-state index in [1.807, 2.05) is 0 Å². The number of anilines is 2. The number of hydrogen-bond acceptors (Lipinski definition) is 5. The van der Waals surface area contributed by atoms with E-state index in [4.69, 9.17) is 10.9 Å². The Morgan fingerprint density at radius 3 is 2.60 bits per heavy atom. The molecule has 110 valence electrons. The Morgan fingerprint density at radius 2 is 2.05 bits per heavy atom. The lowest BCUT2D eigenvalue weighted by molar-refractivity contribution is -0.120. The van der Waals surface area contributed by atoms with Gasteiger partial charge in [-0.2, -0.15) is 0 Å². The van der Waals surface area contributed by atoms with Crippen molar-refractivity contribution in [2.75, 3.05) is 17.6 Å². The third-order valence-corrected chi connectivity index (χ3v) is 3.92. The average molecular weight is 298 g/mol. The number of sulfonamides is 1. The maximum atomic E-state index is 11.5. The van der Waals surface area contributed by atoms with Crippen LogP contribution in [0.4, 0.5) is 11.4 Å². The Balaban J connectivity index is 1.87. The van der Waals surface area contributed by atoms with E-state index in [0.29, 0.717) is 24.7 Å². The van der Waals surface area contributed by atoms with Crippen molar-refractivity contribution < 1.29 is 13.2 Å². The van der Waals surface area contributed by atoms with Crippen LogP contribution in [0.5, 0.6) is 0 Å². The molecule has 1 aromatic rings. The van der Waals surface area contributed by atoms with E-state index >= 15 is 0 Å². The van der Waals surface area contributed by atoms with Crippen molar-refractivity contribution >= 4 is 27.3 Å². The van der Waals surface area contributed by atoms with Gasteiger partial charge in [-0.3, -0.25) is 4.79 Å². The number of carbonyl (C=O) groups is 1. The number of hydrogen-bond donors (Lipinski definition) is 4. The number of nitrogens with two attached hydrogens (primary N) is 2. The molecule has 0 saturated heterocycles. The van der Waals surface area contributed by atoms with E-state index in [1.165, 1.54) is 12.1 Å². The average Bonchev–Trinajstić information content (AvgIpc) is 3.11. The van der Waals surface area contributed by atoms with E-state index in [9.17, 15) is 13.2 Å². The van der Waals surface area contributed by atoms with Gasteiger partial charge in [0, 0.05) is 24.7 Å². The minimum absolute atomic E-state index is 0.00845. The van der Waals surface area contributed by atoms with Crippen molar-refractivity contribution in [3.63, 3.8) is 0 Å². The molecule has 7 nitrogen and oxygen atoms in total. The minimum atomic E-state index is -3.81. The van der Waals surface area contributed by atoms with Gasteiger partial charge >= 0.3 is 0 Å². The number of benzene rings is 1. The standard InChI is InChI=1S/C12H18N4O3S/c13-10-7-9(3-4-11(10)20(14,18)19)15-6-5-12(17)16-8-1-2-8/h3-4,7-8,15H,1-2,5-6,13H2,(H,16,17)(H2,14,18,19). The van der Waals surface area contributed by atoms with Gasteiger partial charge in [0.2, 0.25) is 15.9 Å². The van der Waals surface area contributed by atoms with E-state index in [-0.39, 0.29) is 16.5 Å². The van der Waals surface area contributed by atoms with Gasteiger partial charge in [0.25, 0.3) is 0 Å². The fourth-order valence-corrected chi connectivity index (χ4v) is 2.41. The first kappa shape index (κ1) is 14.6. The van der Waals surface area contributed by atoms with Gasteiger partial charge in [0.15, 0.2) is 0 Å². The fraction of sp³-hybridized carbons (Fsp3) is 0.417. The SMILES string of the molecule is Nc1cc(NCCC(=O)NC2CC2)ccc1S(N)(=O)=O. The van der Waals surface area contributed by atoms with Gasteiger partial charge in [-0.05, 0) is 31.0 Å². The van der Waals surface area contributed by atoms with Crippen LogP contribution in [-0.4, -0.2) is 26.9 Å². The van der Waals surface area contributed by atoms with Crippen LogP contribution in [-0.2, 0) is 14.8 Å². The molecule has 1 aliphatic carbocycles. The zero-order valence-corrected chi connectivity index (χ0v) is 11.7. The highest BCUT2D eigenvalue weighted by Crippen LogP contribution is 2.21. The molecule has 6 N–H and O–H groups in total. The highest BCUT2D eigenvalue weighted by molar-refractivity contribution is 7.89. The van der Waals surface area contributed by atoms with Gasteiger partial charge in [-0.15, -0.1) is 0 Å². The molecular formula is C12H18N4O3S. The summed E-state index contributed by atoms with van der Waals surface area (Å²) < 4.78 is 22.4. The summed E-state index contributed by atoms with van der Waals surface area (Å²) in [5, 5.41) is 10.9. The van der Waals surface area contributed by atoms with Crippen LogP contribution in [0.25, 0.3) is 0 Å². The van der Waals surface area contributed by atoms with Crippen LogP contribution in [0.3, 0.4) is 0 Å². The van der Waals surface area contributed by atoms with Crippen LogP contribution < -0.4 is 21.5 Å². The summed E-state index contributed by atoms with van der Waals surface area (Å²) in [4.78, 5) is 11.4. The fourth-order valence-electron chi connectivity index (χ4n) is 1.77. The molecule has 1 amide bonds. The second-order valence-electron chi connectivity index (χ2n) is 4.82. The van der Waals surface area contributed by atoms with E-state index < -0.39 is 10.0 Å². The molecule has 1 fully saturated rings. The van der Waals surface area contributed by atoms with Crippen molar-refractivity contribution in [2.24, 2.45) is 5.14 Å². The summed E-state index contributed by atoms with van der Waals surface area (Å²) in [6.45, 7) is 0.451. The molecule has 1 aliphatic rings. The first-order chi connectivity index (χ1) is 9.36. The van der Waals surface area contributed by atoms with E-state index in [1.54, 1.807) is 6.07 Å². The summed E-state index contributed by atoms with van der Waals surface area (Å²) in [7, 11) is -3.81. The van der Waals surface area contributed by atoms with Crippen LogP contribution in [0, 0.1) is 0 Å². The molecule has 0 spiro atoms. The van der Waals surface area contributed by atoms with Crippen molar-refractivity contribution in [3.8, 4) is 0 Å². The molecule has 20 heavy (non-hydrogen) atoms. The highest BCUT2D eigenvalue weighted by Gasteiger charge is 2.22. The second kappa shape index (κ2) is 5.68. The molecule has 1 saturated carbocycles. The number of rotatable bonds is 6. The summed E-state index contributed by atoms with van der Waals surface area (Å²) >= 11 is 0. The van der Waals surface area contributed by atoms with Crippen molar-refractivity contribution in [1.29, 1.82) is 0 Å². The second-order valence-corrected chi connectivity index (χ2v) is 6.35. The predicted octanol–water partition coefficient (Wildman–Crippen LogP) is -0.00320. The number of carbonyl (C=O) groups excluding carboxylic acids is 1. The van der Waals surface area contributed by atoms with Crippen LogP contribution >= 0.6 is 0 Å². The first-order valence-electron chi connectivity index (χ1n) is 6.32. The van der Waals surface area contributed by atoms with Crippen molar-refractivity contribution in [1.82, 2.24) is 5.32 Å². The molecular weight excluding hydrogens is 280 g/mol. The largest absolute Gasteiger partial charge is 0.398 e. The Hall–Kier alpha value is -1.80. The highest BCUT2D eigenvalue weighted by atomic mass is 32.2. The molecule has 0 heterocycles. The third kappa shape index (κ3) is 4.10. The number of primary sulfonamides is 1. The lowest BCUT2D eigenvalue weighted by Gasteiger charge is -2.09. The molecule has 0 aromatic heterocycles. The maximum Gasteiger partial charge on any atom is 0.240 e. The molecule has 0 bridgehead atoms. The zero-order chi connectivity index (χ0) is 14.8. The van der Waals surface area contributed by atoms with Crippen molar-refractivity contribution in [3.05, 3.63) is 18.2 Å². The Bertz CT molecular complexity index is 611. The van der Waals surface area contributed by atoms with Crippen LogP contribution in [0.15, 0.2) is 23.1 Å². The van der Waals surface area contributed by atoms with Gasteiger partial charge < -0.3 is 16.4 Å². The predicted molar refractivity (Wildman–Crippen MR) is 76.5 cm³/mol. The smallest absolute Gasteiger partial charge is 0.240 e. The summed E-state index contributed by atoms with van der Waals surface area (Å²) in [6.07, 6.45) is 2.47. The van der Waals surface area contributed by atoms with Gasteiger partial charge in [0.05, 0.1) is 5.69 Å². The molecule has 8 heteroatoms. The quantitative estimate of drug-likeness (QED) is 0.550. The lowest BCUT2D eigenvalue weighted by Crippen LogP contribution is -2.27. The molecule has 1 aromatic carbocycles. The van der Waals surface area contributed by atoms with Gasteiger partial charge in [-0.1, -0.05) is 0 Å². The number of amides is 1. The molecule has 0 aliphatic heterocycles. The van der Waals surface area contributed by atoms with Crippen LogP contribution in [0.1, 0.15) is 19.3 Å². The monoisotopic (exact) mass is 298 g/mol. The third-order valence-electron chi connectivity index (χ3n) is 2.94. The Kier molecular flexibility index (Phi) is 4.15. The number of nitrogens with one attached hydrogen (secondary N) is 2. The number of nitrogen functional groups attached to an aromatic ring is 1. The normalized spacial score (nSPS) is 14.8. The van der Waals surface area contributed by atoms with Gasteiger partial charge in [-0.25, -0.2) is 13.6 Å². The topological polar surface area (TPSA) is 127 Å². The first-order valence-corrected chi connectivity index (χ1v) is 7.86. The summed E-state index contributed by atoms with van der Waals surface area (Å²) in [6, 6.07) is 4.75. The minimum Gasteiger partial charge on any atom is -0.398 e. The molecule has 0 atom stereocenters. The Morgan fingerprint density at radius 1 is 1.35 bits per heavy atom. The van der Waals surface area contributed by atoms with Crippen LogP contribution in [0.2, 0.25) is 0 Å². The maximum absolute atomic E-state index is 11.5. The van der Waals surface area contributed by atoms with E-state index in [2.05, 4.69) is 10.6 Å². The van der Waals surface area contributed by atoms with E-state index in [0.717, 1.165) is 12.8 Å². The Labute approximate surface area is 117 Å². The molecule has 2 rings (SSSR count).